The van der Waals surface area contributed by atoms with Gasteiger partial charge in [-0.05, 0) is 26.9 Å². The zero-order valence-electron chi connectivity index (χ0n) is 13.2. The van der Waals surface area contributed by atoms with Gasteiger partial charge in [-0.2, -0.15) is 0 Å². The zero-order valence-corrected chi connectivity index (χ0v) is 14.2. The van der Waals surface area contributed by atoms with Gasteiger partial charge in [-0.1, -0.05) is 0 Å². The van der Waals surface area contributed by atoms with E-state index in [0.29, 0.717) is 19.0 Å². The molecule has 0 aromatic rings. The molecule has 0 heterocycles. The average molecular weight is 323 g/mol. The fraction of sp³-hybridized carbons (Fsp3) is 0.833. The molecule has 0 fully saturated rings. The second kappa shape index (κ2) is 8.44. The van der Waals surface area contributed by atoms with Gasteiger partial charge in [-0.15, -0.1) is 0 Å². The molecule has 0 unspecified atom stereocenters. The van der Waals surface area contributed by atoms with Gasteiger partial charge in [0.25, 0.3) is 0 Å². The third-order valence-electron chi connectivity index (χ3n) is 3.71. The highest BCUT2D eigenvalue weighted by Crippen LogP contribution is 2.21. The molecule has 0 amide bonds. The van der Waals surface area contributed by atoms with Crippen LogP contribution in [0.3, 0.4) is 0 Å². The fourth-order valence-electron chi connectivity index (χ4n) is 2.00. The number of carboxylic acids is 2. The highest BCUT2D eigenvalue weighted by molar-refractivity contribution is 6.60. The summed E-state index contributed by atoms with van der Waals surface area (Å²) in [6.07, 6.45) is 0.0982. The van der Waals surface area contributed by atoms with Crippen LogP contribution in [0.15, 0.2) is 0 Å². The van der Waals surface area contributed by atoms with Crippen molar-refractivity contribution in [1.82, 2.24) is 4.90 Å². The van der Waals surface area contributed by atoms with E-state index in [1.165, 1.54) is 33.2 Å². The van der Waals surface area contributed by atoms with Crippen molar-refractivity contribution in [3.8, 4) is 0 Å². The molecule has 0 bridgehead atoms. The van der Waals surface area contributed by atoms with Crippen LogP contribution in [0.2, 0.25) is 6.04 Å². The lowest BCUT2D eigenvalue weighted by Crippen LogP contribution is -2.52. The summed E-state index contributed by atoms with van der Waals surface area (Å²) in [5, 5.41) is 18.2. The minimum atomic E-state index is -2.69. The molecule has 9 heteroatoms. The quantitative estimate of drug-likeness (QED) is 0.530. The van der Waals surface area contributed by atoms with Crippen molar-refractivity contribution in [3.05, 3.63) is 0 Å². The van der Waals surface area contributed by atoms with Crippen molar-refractivity contribution in [1.29, 1.82) is 0 Å². The number of carbonyl (C=O) groups is 2. The summed E-state index contributed by atoms with van der Waals surface area (Å²) in [7, 11) is 3.42. The van der Waals surface area contributed by atoms with Crippen LogP contribution < -0.4 is 0 Å². The third kappa shape index (κ3) is 5.36. The molecule has 0 aliphatic carbocycles. The maximum Gasteiger partial charge on any atom is 0.500 e. The first kappa shape index (κ1) is 20.0. The summed E-state index contributed by atoms with van der Waals surface area (Å²) in [4.78, 5) is 23.7. The first-order chi connectivity index (χ1) is 9.67. The molecular weight excluding hydrogens is 298 g/mol. The summed E-state index contributed by atoms with van der Waals surface area (Å²) < 4.78 is 15.8. The molecule has 21 heavy (non-hydrogen) atoms. The lowest BCUT2D eigenvalue weighted by molar-refractivity contribution is -0.156. The van der Waals surface area contributed by atoms with Gasteiger partial charge < -0.3 is 23.5 Å². The number of carboxylic acid groups (broad SMARTS) is 2. The largest absolute Gasteiger partial charge is 0.500 e. The molecular formula is C12H25NO7Si. The predicted octanol–water partition coefficient (Wildman–Crippen LogP) is 0.504. The van der Waals surface area contributed by atoms with E-state index in [1.54, 1.807) is 7.05 Å². The van der Waals surface area contributed by atoms with Crippen molar-refractivity contribution in [3.63, 3.8) is 0 Å². The second-order valence-corrected chi connectivity index (χ2v) is 8.06. The lowest BCUT2D eigenvalue weighted by Gasteiger charge is -2.34. The van der Waals surface area contributed by atoms with Gasteiger partial charge in [0, 0.05) is 27.4 Å². The highest BCUT2D eigenvalue weighted by Gasteiger charge is 2.41. The molecule has 0 aromatic carbocycles. The number of hydrogen-bond donors (Lipinski definition) is 2. The SMILES string of the molecule is CO[Si](CCCN(C)[C@@](C)(CC(=O)O)C(=O)O)(OC)OC. The molecule has 0 spiro atoms. The zero-order chi connectivity index (χ0) is 16.7. The van der Waals surface area contributed by atoms with Crippen LogP contribution >= 0.6 is 0 Å². The number of rotatable bonds is 11. The Hall–Kier alpha value is -1.00. The van der Waals surface area contributed by atoms with Gasteiger partial charge >= 0.3 is 20.7 Å². The van der Waals surface area contributed by atoms with Crippen LogP contribution in [0.4, 0.5) is 0 Å². The molecule has 0 radical (unpaired) electrons. The molecule has 124 valence electrons. The molecule has 1 atom stereocenters. The maximum absolute atomic E-state index is 11.4. The normalized spacial score (nSPS) is 15.0. The van der Waals surface area contributed by atoms with E-state index in [1.807, 2.05) is 0 Å². The number of likely N-dealkylation sites (N-methyl/N-ethyl adjacent to an activating group) is 1. The smallest absolute Gasteiger partial charge is 0.481 e. The Kier molecular flexibility index (Phi) is 8.04. The van der Waals surface area contributed by atoms with E-state index in [0.717, 1.165) is 0 Å². The maximum atomic E-state index is 11.4. The Morgan fingerprint density at radius 1 is 1.14 bits per heavy atom. The van der Waals surface area contributed by atoms with E-state index >= 15 is 0 Å². The Bertz CT molecular complexity index is 353. The van der Waals surface area contributed by atoms with Crippen molar-refractivity contribution in [2.75, 3.05) is 34.9 Å². The van der Waals surface area contributed by atoms with Crippen LogP contribution in [-0.4, -0.2) is 76.3 Å². The van der Waals surface area contributed by atoms with Gasteiger partial charge in [-0.25, -0.2) is 0 Å². The van der Waals surface area contributed by atoms with Crippen LogP contribution in [0.25, 0.3) is 0 Å². The summed E-state index contributed by atoms with van der Waals surface area (Å²) in [6, 6.07) is 0.517. The van der Waals surface area contributed by atoms with Crippen molar-refractivity contribution in [2.45, 2.75) is 31.3 Å². The molecule has 0 aliphatic rings. The van der Waals surface area contributed by atoms with Crippen LogP contribution in [0.5, 0.6) is 0 Å². The molecule has 0 saturated carbocycles. The standard InChI is InChI=1S/C12H25NO7Si/c1-12(11(16)17,9-10(14)15)13(2)7-6-8-21(18-3,19-4)20-5/h6-9H2,1-5H3,(H,14,15)(H,16,17)/t12-/m0/s1. The molecule has 0 rings (SSSR count). The second-order valence-electron chi connectivity index (χ2n) is 4.97. The number of nitrogens with zero attached hydrogens (tertiary/aromatic N) is 1. The van der Waals surface area contributed by atoms with E-state index in [4.69, 9.17) is 18.4 Å². The summed E-state index contributed by atoms with van der Waals surface area (Å²) in [5.74, 6) is -2.32. The molecule has 8 nitrogen and oxygen atoms in total. The topological polar surface area (TPSA) is 106 Å². The van der Waals surface area contributed by atoms with E-state index in [9.17, 15) is 14.7 Å². The molecule has 0 saturated heterocycles. The number of aliphatic carboxylic acids is 2. The van der Waals surface area contributed by atoms with Crippen LogP contribution in [-0.2, 0) is 22.9 Å². The minimum absolute atomic E-state index is 0.390. The first-order valence-corrected chi connectivity index (χ1v) is 8.42. The summed E-state index contributed by atoms with van der Waals surface area (Å²) in [5.41, 5.74) is -1.46. The molecule has 0 aliphatic heterocycles. The van der Waals surface area contributed by atoms with Crippen molar-refractivity contribution < 1.29 is 33.1 Å². The Morgan fingerprint density at radius 2 is 1.62 bits per heavy atom. The van der Waals surface area contributed by atoms with E-state index < -0.39 is 32.7 Å². The lowest BCUT2D eigenvalue weighted by atomic mass is 9.96. The monoisotopic (exact) mass is 323 g/mol. The van der Waals surface area contributed by atoms with Gasteiger partial charge in [0.1, 0.15) is 5.54 Å². The molecule has 0 aromatic heterocycles. The van der Waals surface area contributed by atoms with Gasteiger partial charge in [-0.3, -0.25) is 14.5 Å². The Balaban J connectivity index is 4.69. The molecule has 2 N–H and O–H groups in total. The third-order valence-corrected chi connectivity index (χ3v) is 6.54. The minimum Gasteiger partial charge on any atom is -0.481 e. The van der Waals surface area contributed by atoms with Crippen molar-refractivity contribution in [2.24, 2.45) is 0 Å². The van der Waals surface area contributed by atoms with E-state index in [2.05, 4.69) is 0 Å². The highest BCUT2D eigenvalue weighted by atomic mass is 28.4. The van der Waals surface area contributed by atoms with Crippen LogP contribution in [0, 0.1) is 0 Å². The van der Waals surface area contributed by atoms with E-state index in [-0.39, 0.29) is 0 Å². The average Bonchev–Trinajstić information content (AvgIpc) is 2.42. The Morgan fingerprint density at radius 3 is 1.95 bits per heavy atom. The predicted molar refractivity (Wildman–Crippen MR) is 77.1 cm³/mol. The van der Waals surface area contributed by atoms with Crippen molar-refractivity contribution >= 4 is 20.7 Å². The summed E-state index contributed by atoms with van der Waals surface area (Å²) in [6.45, 7) is 1.79. The van der Waals surface area contributed by atoms with Gasteiger partial charge in [0.2, 0.25) is 0 Å². The van der Waals surface area contributed by atoms with Gasteiger partial charge in [0.05, 0.1) is 6.42 Å². The van der Waals surface area contributed by atoms with Crippen LogP contribution in [0.1, 0.15) is 19.8 Å². The van der Waals surface area contributed by atoms with Gasteiger partial charge in [0.15, 0.2) is 0 Å². The summed E-state index contributed by atoms with van der Waals surface area (Å²) >= 11 is 0. The first-order valence-electron chi connectivity index (χ1n) is 6.49. The fourth-order valence-corrected chi connectivity index (χ4v) is 3.71. The number of hydrogen-bond acceptors (Lipinski definition) is 6. The Labute approximate surface area is 126 Å².